The van der Waals surface area contributed by atoms with Crippen LogP contribution in [0.4, 0.5) is 13.2 Å². The number of aliphatic carboxylic acids is 1. The number of hydrogen-bond donors (Lipinski definition) is 2. The summed E-state index contributed by atoms with van der Waals surface area (Å²) in [5.41, 5.74) is 1.14. The summed E-state index contributed by atoms with van der Waals surface area (Å²) in [4.78, 5) is 11.2. The Morgan fingerprint density at radius 2 is 2.03 bits per heavy atom. The SMILES string of the molecule is Cc1ccc(CN2Cc3ccnn3C(CCNS(C)(=O)=O)C2)o1.O=C(O)C(F)(F)F. The van der Waals surface area contributed by atoms with Crippen LogP contribution in [0.3, 0.4) is 0 Å². The smallest absolute Gasteiger partial charge is 0.475 e. The van der Waals surface area contributed by atoms with Crippen molar-refractivity contribution in [2.24, 2.45) is 0 Å². The maximum Gasteiger partial charge on any atom is 0.490 e. The van der Waals surface area contributed by atoms with Gasteiger partial charge in [0.2, 0.25) is 10.0 Å². The molecule has 2 N–H and O–H groups in total. The van der Waals surface area contributed by atoms with Gasteiger partial charge in [0, 0.05) is 25.8 Å². The van der Waals surface area contributed by atoms with Crippen molar-refractivity contribution in [2.45, 2.75) is 38.7 Å². The van der Waals surface area contributed by atoms with Gasteiger partial charge in [-0.05, 0) is 31.5 Å². The quantitative estimate of drug-likeness (QED) is 0.688. The molecule has 0 amide bonds. The van der Waals surface area contributed by atoms with Crippen molar-refractivity contribution in [3.05, 3.63) is 41.6 Å². The van der Waals surface area contributed by atoms with E-state index in [0.717, 1.165) is 36.8 Å². The number of nitrogens with zero attached hydrogens (tertiary/aromatic N) is 3. The molecule has 1 atom stereocenters. The van der Waals surface area contributed by atoms with E-state index in [1.165, 1.54) is 6.26 Å². The first-order valence-electron chi connectivity index (χ1n) is 8.90. The van der Waals surface area contributed by atoms with Crippen molar-refractivity contribution in [3.8, 4) is 0 Å². The standard InChI is InChI=1S/C15H22N4O3S.C2HF3O2/c1-12-3-4-15(22-12)11-18-9-13-5-7-16-19(13)14(10-18)6-8-17-23(2,20)21;3-2(4,5)1(6)7/h3-5,7,14,17H,6,8-11H2,1-2H3;(H,6,7). The number of carboxylic acids is 1. The summed E-state index contributed by atoms with van der Waals surface area (Å²) < 4.78 is 64.4. The largest absolute Gasteiger partial charge is 0.490 e. The Labute approximate surface area is 171 Å². The van der Waals surface area contributed by atoms with Gasteiger partial charge in [-0.15, -0.1) is 0 Å². The fourth-order valence-corrected chi connectivity index (χ4v) is 3.49. The average Bonchev–Trinajstić information content (AvgIpc) is 3.22. The van der Waals surface area contributed by atoms with E-state index in [-0.39, 0.29) is 6.04 Å². The van der Waals surface area contributed by atoms with Gasteiger partial charge in [-0.3, -0.25) is 9.58 Å². The lowest BCUT2D eigenvalue weighted by Crippen LogP contribution is -2.38. The Hall–Kier alpha value is -2.38. The molecule has 168 valence electrons. The fourth-order valence-electron chi connectivity index (χ4n) is 3.00. The minimum atomic E-state index is -5.08. The molecule has 0 fully saturated rings. The molecule has 3 heterocycles. The van der Waals surface area contributed by atoms with Crippen molar-refractivity contribution in [1.29, 1.82) is 0 Å². The summed E-state index contributed by atoms with van der Waals surface area (Å²) in [6.45, 7) is 4.73. The number of rotatable bonds is 6. The number of fused-ring (bicyclic) bond motifs is 1. The van der Waals surface area contributed by atoms with Crippen LogP contribution in [-0.2, 0) is 27.9 Å². The number of carbonyl (C=O) groups is 1. The highest BCUT2D eigenvalue weighted by Gasteiger charge is 2.38. The van der Waals surface area contributed by atoms with Crippen LogP contribution in [0.15, 0.2) is 28.8 Å². The van der Waals surface area contributed by atoms with Crippen molar-refractivity contribution in [1.82, 2.24) is 19.4 Å². The monoisotopic (exact) mass is 452 g/mol. The number of hydrogen-bond acceptors (Lipinski definition) is 6. The number of sulfonamides is 1. The number of aromatic nitrogens is 2. The molecule has 0 saturated carbocycles. The first-order chi connectivity index (χ1) is 13.8. The number of halogens is 3. The Morgan fingerprint density at radius 3 is 2.57 bits per heavy atom. The molecule has 0 bridgehead atoms. The van der Waals surface area contributed by atoms with Gasteiger partial charge in [-0.25, -0.2) is 17.9 Å². The second-order valence-corrected chi connectivity index (χ2v) is 8.69. The van der Waals surface area contributed by atoms with E-state index < -0.39 is 22.2 Å². The van der Waals surface area contributed by atoms with E-state index in [4.69, 9.17) is 14.3 Å². The third kappa shape index (κ3) is 7.46. The van der Waals surface area contributed by atoms with Crippen LogP contribution >= 0.6 is 0 Å². The van der Waals surface area contributed by atoms with Crippen LogP contribution < -0.4 is 4.72 Å². The number of nitrogens with one attached hydrogen (secondary N) is 1. The van der Waals surface area contributed by atoms with Crippen LogP contribution in [0.25, 0.3) is 0 Å². The maximum atomic E-state index is 11.2. The number of carboxylic acid groups (broad SMARTS) is 1. The first kappa shape index (κ1) is 23.9. The van der Waals surface area contributed by atoms with Crippen molar-refractivity contribution in [2.75, 3.05) is 19.3 Å². The highest BCUT2D eigenvalue weighted by molar-refractivity contribution is 7.88. The summed E-state index contributed by atoms with van der Waals surface area (Å²) in [5.74, 6) is -0.896. The van der Waals surface area contributed by atoms with Gasteiger partial charge in [-0.2, -0.15) is 18.3 Å². The molecule has 2 aromatic rings. The van der Waals surface area contributed by atoms with Crippen molar-refractivity contribution >= 4 is 16.0 Å². The van der Waals surface area contributed by atoms with Crippen LogP contribution in [0.5, 0.6) is 0 Å². The summed E-state index contributed by atoms with van der Waals surface area (Å²) in [6.07, 6.45) is -1.40. The molecule has 1 aliphatic rings. The third-order valence-corrected chi connectivity index (χ3v) is 4.94. The lowest BCUT2D eigenvalue weighted by molar-refractivity contribution is -0.192. The molecule has 0 radical (unpaired) electrons. The van der Waals surface area contributed by atoms with Gasteiger partial charge < -0.3 is 9.52 Å². The van der Waals surface area contributed by atoms with Gasteiger partial charge in [0.05, 0.1) is 24.5 Å². The third-order valence-electron chi connectivity index (χ3n) is 4.21. The molecule has 1 unspecified atom stereocenters. The second-order valence-electron chi connectivity index (χ2n) is 6.86. The van der Waals surface area contributed by atoms with Gasteiger partial charge in [0.15, 0.2) is 0 Å². The zero-order valence-corrected chi connectivity index (χ0v) is 17.2. The van der Waals surface area contributed by atoms with E-state index in [9.17, 15) is 21.6 Å². The van der Waals surface area contributed by atoms with E-state index >= 15 is 0 Å². The van der Waals surface area contributed by atoms with Crippen LogP contribution in [-0.4, -0.2) is 59.7 Å². The highest BCUT2D eigenvalue weighted by Crippen LogP contribution is 2.24. The molecule has 9 nitrogen and oxygen atoms in total. The highest BCUT2D eigenvalue weighted by atomic mass is 32.2. The van der Waals surface area contributed by atoms with Crippen LogP contribution in [0.1, 0.15) is 29.7 Å². The Balaban J connectivity index is 0.000000396. The summed E-state index contributed by atoms with van der Waals surface area (Å²) >= 11 is 0. The second kappa shape index (κ2) is 9.62. The number of furan rings is 1. The molecule has 30 heavy (non-hydrogen) atoms. The Bertz CT molecular complexity index is 955. The van der Waals surface area contributed by atoms with E-state index in [2.05, 4.69) is 14.7 Å². The molecular weight excluding hydrogens is 429 g/mol. The van der Waals surface area contributed by atoms with E-state index in [0.29, 0.717) is 13.0 Å². The van der Waals surface area contributed by atoms with E-state index in [1.807, 2.05) is 29.8 Å². The van der Waals surface area contributed by atoms with E-state index in [1.54, 1.807) is 6.20 Å². The van der Waals surface area contributed by atoms with Crippen LogP contribution in [0.2, 0.25) is 0 Å². The van der Waals surface area contributed by atoms with Gasteiger partial charge in [0.25, 0.3) is 0 Å². The topological polar surface area (TPSA) is 118 Å². The molecule has 0 spiro atoms. The first-order valence-corrected chi connectivity index (χ1v) is 10.8. The molecule has 3 rings (SSSR count). The predicted molar refractivity (Wildman–Crippen MR) is 100.0 cm³/mol. The summed E-state index contributed by atoms with van der Waals surface area (Å²) in [7, 11) is -3.16. The van der Waals surface area contributed by atoms with Crippen LogP contribution in [0, 0.1) is 6.92 Å². The van der Waals surface area contributed by atoms with Gasteiger partial charge >= 0.3 is 12.1 Å². The summed E-state index contributed by atoms with van der Waals surface area (Å²) in [6, 6.07) is 6.13. The lowest BCUT2D eigenvalue weighted by Gasteiger charge is -2.33. The van der Waals surface area contributed by atoms with Crippen molar-refractivity contribution < 1.29 is 35.9 Å². The maximum absolute atomic E-state index is 11.2. The molecular formula is C17H23F3N4O5S. The predicted octanol–water partition coefficient (Wildman–Crippen LogP) is 1.91. The average molecular weight is 452 g/mol. The number of alkyl halides is 3. The normalized spacial score (nSPS) is 17.2. The van der Waals surface area contributed by atoms with Gasteiger partial charge in [0.1, 0.15) is 11.5 Å². The zero-order valence-electron chi connectivity index (χ0n) is 16.4. The zero-order chi connectivity index (χ0) is 22.5. The van der Waals surface area contributed by atoms with Crippen molar-refractivity contribution in [3.63, 3.8) is 0 Å². The van der Waals surface area contributed by atoms with Gasteiger partial charge in [-0.1, -0.05) is 0 Å². The molecule has 13 heteroatoms. The molecule has 0 aliphatic carbocycles. The molecule has 0 saturated heterocycles. The minimum Gasteiger partial charge on any atom is -0.475 e. The molecule has 2 aromatic heterocycles. The fraction of sp³-hybridized carbons (Fsp3) is 0.529. The lowest BCUT2D eigenvalue weighted by atomic mass is 10.1. The minimum absolute atomic E-state index is 0.152. The number of aryl methyl sites for hydroxylation is 1. The Morgan fingerprint density at radius 1 is 1.37 bits per heavy atom. The molecule has 0 aromatic carbocycles. The summed E-state index contributed by atoms with van der Waals surface area (Å²) in [5, 5.41) is 11.5. The Kier molecular flexibility index (Phi) is 7.66. The molecule has 1 aliphatic heterocycles.